The van der Waals surface area contributed by atoms with Crippen molar-refractivity contribution in [2.75, 3.05) is 19.0 Å². The van der Waals surface area contributed by atoms with Gasteiger partial charge in [0.1, 0.15) is 18.5 Å². The highest BCUT2D eigenvalue weighted by Gasteiger charge is 2.36. The molecule has 1 atom stereocenters. The van der Waals surface area contributed by atoms with Crippen LogP contribution in [0.4, 0.5) is 5.95 Å². The molecule has 1 aliphatic heterocycles. The number of hydrogen-bond acceptors (Lipinski definition) is 7. The number of esters is 1. The van der Waals surface area contributed by atoms with E-state index in [4.69, 9.17) is 14.2 Å². The lowest BCUT2D eigenvalue weighted by molar-refractivity contribution is -0.146. The number of unbranched alkanes of at least 4 members (excludes halogenated alkanes) is 2. The van der Waals surface area contributed by atoms with Crippen LogP contribution in [0.3, 0.4) is 0 Å². The monoisotopic (exact) mass is 454 g/mol. The maximum Gasteiger partial charge on any atom is 0.338 e. The van der Waals surface area contributed by atoms with Gasteiger partial charge < -0.3 is 19.5 Å². The minimum atomic E-state index is -0.470. The number of rotatable bonds is 9. The first kappa shape index (κ1) is 23.1. The zero-order valence-electron chi connectivity index (χ0n) is 19.8. The third-order valence-corrected chi connectivity index (χ3v) is 6.35. The van der Waals surface area contributed by atoms with Crippen molar-refractivity contribution in [1.29, 1.82) is 0 Å². The first-order valence-corrected chi connectivity index (χ1v) is 12.0. The molecule has 2 aromatic rings. The van der Waals surface area contributed by atoms with Crippen LogP contribution in [0.15, 0.2) is 35.8 Å². The average Bonchev–Trinajstić information content (AvgIpc) is 3.29. The molecule has 2 aliphatic rings. The number of nitrogens with one attached hydrogen (secondary N) is 1. The number of nitrogens with zero attached hydrogens (tertiary/aromatic N) is 3. The Balaban J connectivity index is 1.63. The SMILES string of the molecule is CCCCCOc1ccc(C2C(C(=O)OC3CCCCC3)=C(C)Nc3ncnn32)cc1OC. The van der Waals surface area contributed by atoms with Crippen LogP contribution in [-0.2, 0) is 9.53 Å². The molecule has 1 aromatic heterocycles. The van der Waals surface area contributed by atoms with Gasteiger partial charge in [0.25, 0.3) is 0 Å². The Morgan fingerprint density at radius 2 is 2.00 bits per heavy atom. The van der Waals surface area contributed by atoms with Crippen molar-refractivity contribution in [1.82, 2.24) is 14.8 Å². The van der Waals surface area contributed by atoms with Gasteiger partial charge in [-0.15, -0.1) is 0 Å². The highest BCUT2D eigenvalue weighted by Crippen LogP contribution is 2.39. The molecule has 0 saturated heterocycles. The summed E-state index contributed by atoms with van der Waals surface area (Å²) in [7, 11) is 1.63. The normalized spacial score (nSPS) is 18.5. The van der Waals surface area contributed by atoms with Gasteiger partial charge in [0.2, 0.25) is 5.95 Å². The van der Waals surface area contributed by atoms with Gasteiger partial charge in [-0.25, -0.2) is 9.48 Å². The summed E-state index contributed by atoms with van der Waals surface area (Å²) in [5.41, 5.74) is 2.12. The quantitative estimate of drug-likeness (QED) is 0.420. The van der Waals surface area contributed by atoms with E-state index in [1.165, 1.54) is 12.7 Å². The fourth-order valence-corrected chi connectivity index (χ4v) is 4.57. The Hall–Kier alpha value is -3.03. The highest BCUT2D eigenvalue weighted by atomic mass is 16.5. The van der Waals surface area contributed by atoms with Gasteiger partial charge in [0.15, 0.2) is 11.5 Å². The maximum atomic E-state index is 13.4. The predicted octanol–water partition coefficient (Wildman–Crippen LogP) is 5.02. The number of carbonyl (C=O) groups is 1. The zero-order valence-corrected chi connectivity index (χ0v) is 19.8. The average molecular weight is 455 g/mol. The van der Waals surface area contributed by atoms with Crippen molar-refractivity contribution in [3.05, 3.63) is 41.4 Å². The van der Waals surface area contributed by atoms with E-state index < -0.39 is 6.04 Å². The lowest BCUT2D eigenvalue weighted by atomic mass is 9.94. The number of allylic oxidation sites excluding steroid dienone is 1. The van der Waals surface area contributed by atoms with Gasteiger partial charge >= 0.3 is 5.97 Å². The molecule has 0 radical (unpaired) electrons. The fraction of sp³-hybridized carbons (Fsp3) is 0.560. The Morgan fingerprint density at radius 1 is 1.18 bits per heavy atom. The van der Waals surface area contributed by atoms with Gasteiger partial charge in [-0.1, -0.05) is 32.3 Å². The summed E-state index contributed by atoms with van der Waals surface area (Å²) in [6.45, 7) is 4.69. The molecule has 1 aromatic carbocycles. The van der Waals surface area contributed by atoms with E-state index in [2.05, 4.69) is 22.3 Å². The minimum absolute atomic E-state index is 0.0298. The Morgan fingerprint density at radius 3 is 2.76 bits per heavy atom. The van der Waals surface area contributed by atoms with E-state index in [0.717, 1.165) is 56.2 Å². The topological polar surface area (TPSA) is 87.5 Å². The van der Waals surface area contributed by atoms with Crippen molar-refractivity contribution in [3.8, 4) is 11.5 Å². The number of anilines is 1. The second-order valence-electron chi connectivity index (χ2n) is 8.73. The van der Waals surface area contributed by atoms with Crippen LogP contribution in [0.25, 0.3) is 0 Å². The predicted molar refractivity (Wildman–Crippen MR) is 125 cm³/mol. The summed E-state index contributed by atoms with van der Waals surface area (Å²) in [4.78, 5) is 17.7. The lowest BCUT2D eigenvalue weighted by Gasteiger charge is -2.30. The van der Waals surface area contributed by atoms with Crippen LogP contribution in [-0.4, -0.2) is 40.6 Å². The molecule has 0 bridgehead atoms. The number of aromatic nitrogens is 3. The third kappa shape index (κ3) is 5.15. The fourth-order valence-electron chi connectivity index (χ4n) is 4.57. The number of hydrogen-bond donors (Lipinski definition) is 1. The summed E-state index contributed by atoms with van der Waals surface area (Å²) >= 11 is 0. The van der Waals surface area contributed by atoms with Gasteiger partial charge in [-0.05, 0) is 56.7 Å². The zero-order chi connectivity index (χ0) is 23.2. The number of ether oxygens (including phenoxy) is 3. The second kappa shape index (κ2) is 10.7. The smallest absolute Gasteiger partial charge is 0.338 e. The van der Waals surface area contributed by atoms with E-state index in [0.29, 0.717) is 29.6 Å². The molecule has 33 heavy (non-hydrogen) atoms. The molecule has 0 amide bonds. The molecule has 8 nitrogen and oxygen atoms in total. The van der Waals surface area contributed by atoms with Gasteiger partial charge in [-0.3, -0.25) is 0 Å². The van der Waals surface area contributed by atoms with Crippen molar-refractivity contribution >= 4 is 11.9 Å². The molecular formula is C25H34N4O4. The lowest BCUT2D eigenvalue weighted by Crippen LogP contribution is -2.32. The summed E-state index contributed by atoms with van der Waals surface area (Å²) in [5, 5.41) is 7.61. The van der Waals surface area contributed by atoms with Crippen molar-refractivity contribution in [2.24, 2.45) is 0 Å². The van der Waals surface area contributed by atoms with Crippen LogP contribution < -0.4 is 14.8 Å². The van der Waals surface area contributed by atoms with Crippen LogP contribution in [0, 0.1) is 0 Å². The summed E-state index contributed by atoms with van der Waals surface area (Å²) in [6, 6.07) is 5.30. The third-order valence-electron chi connectivity index (χ3n) is 6.35. The minimum Gasteiger partial charge on any atom is -0.493 e. The molecule has 1 aliphatic carbocycles. The molecule has 8 heteroatoms. The Bertz CT molecular complexity index is 994. The van der Waals surface area contributed by atoms with E-state index in [-0.39, 0.29) is 12.1 Å². The molecule has 1 saturated carbocycles. The van der Waals surface area contributed by atoms with Crippen LogP contribution >= 0.6 is 0 Å². The van der Waals surface area contributed by atoms with Gasteiger partial charge in [0, 0.05) is 5.70 Å². The molecule has 178 valence electrons. The molecule has 1 unspecified atom stereocenters. The molecule has 0 spiro atoms. The van der Waals surface area contributed by atoms with E-state index in [1.807, 2.05) is 25.1 Å². The number of methoxy groups -OCH3 is 1. The highest BCUT2D eigenvalue weighted by molar-refractivity contribution is 5.92. The van der Waals surface area contributed by atoms with Crippen LogP contribution in [0.5, 0.6) is 11.5 Å². The second-order valence-corrected chi connectivity index (χ2v) is 8.73. The van der Waals surface area contributed by atoms with Crippen molar-refractivity contribution in [3.63, 3.8) is 0 Å². The van der Waals surface area contributed by atoms with Gasteiger partial charge in [-0.2, -0.15) is 10.1 Å². The van der Waals surface area contributed by atoms with Crippen molar-refractivity contribution in [2.45, 2.75) is 77.4 Å². The first-order valence-electron chi connectivity index (χ1n) is 12.0. The standard InChI is InChI=1S/C25H34N4O4/c1-4-5-9-14-32-20-13-12-18(15-21(20)31-3)23-22(17(2)28-25-26-16-27-29(23)25)24(30)33-19-10-7-6-8-11-19/h12-13,15-16,19,23H,4-11,14H2,1-3H3,(H,26,27,28). The van der Waals surface area contributed by atoms with Gasteiger partial charge in [0.05, 0.1) is 19.3 Å². The van der Waals surface area contributed by atoms with E-state index in [9.17, 15) is 4.79 Å². The van der Waals surface area contributed by atoms with Crippen LogP contribution in [0.2, 0.25) is 0 Å². The number of carbonyl (C=O) groups excluding carboxylic acids is 1. The van der Waals surface area contributed by atoms with Crippen LogP contribution in [0.1, 0.15) is 76.8 Å². The Labute approximate surface area is 195 Å². The summed E-state index contributed by atoms with van der Waals surface area (Å²) in [5.74, 6) is 1.60. The molecule has 1 N–H and O–H groups in total. The summed E-state index contributed by atoms with van der Waals surface area (Å²) in [6.07, 6.45) is 9.96. The number of fused-ring (bicyclic) bond motifs is 1. The molecular weight excluding hydrogens is 420 g/mol. The molecule has 2 heterocycles. The number of benzene rings is 1. The summed E-state index contributed by atoms with van der Waals surface area (Å²) < 4.78 is 19.2. The van der Waals surface area contributed by atoms with E-state index >= 15 is 0 Å². The first-order chi connectivity index (χ1) is 16.1. The van der Waals surface area contributed by atoms with E-state index in [1.54, 1.807) is 11.8 Å². The molecule has 1 fully saturated rings. The Kier molecular flexibility index (Phi) is 7.52. The van der Waals surface area contributed by atoms with Crippen molar-refractivity contribution < 1.29 is 19.0 Å². The maximum absolute atomic E-state index is 13.4. The largest absolute Gasteiger partial charge is 0.493 e. The molecule has 4 rings (SSSR count).